The molecule has 31 heavy (non-hydrogen) atoms. The molecule has 0 atom stereocenters. The smallest absolute Gasteiger partial charge is 0.244 e. The average Bonchev–Trinajstić information content (AvgIpc) is 3.43. The van der Waals surface area contributed by atoms with E-state index in [1.807, 2.05) is 52.5 Å². The Kier molecular flexibility index (Phi) is 5.36. The molecule has 5 rings (SSSR count). The number of carbonyl (C=O) groups excluding carboxylic acids is 1. The average molecular weight is 452 g/mol. The van der Waals surface area contributed by atoms with Crippen LogP contribution in [0.15, 0.2) is 66.2 Å². The molecule has 4 aromatic rings. The van der Waals surface area contributed by atoms with E-state index in [9.17, 15) is 4.79 Å². The number of carbonyl (C=O) groups is 1. The van der Waals surface area contributed by atoms with Gasteiger partial charge in [0.05, 0.1) is 11.4 Å². The number of aromatic nitrogens is 2. The number of thiazole rings is 1. The van der Waals surface area contributed by atoms with Gasteiger partial charge in [-0.25, -0.2) is 4.98 Å². The van der Waals surface area contributed by atoms with Crippen molar-refractivity contribution in [3.63, 3.8) is 0 Å². The standard InChI is InChI=1S/C23H18ClN3O3S/c24-16-5-3-15(4-6-16)18-14-31-23(26-18)19-2-1-9-27(19)13-22(28)25-17-7-8-20-21(12-17)30-11-10-29-20/h1-9,12,14H,10-11,13H2,(H,25,28). The lowest BCUT2D eigenvalue weighted by molar-refractivity contribution is -0.116. The quantitative estimate of drug-likeness (QED) is 0.444. The fourth-order valence-electron chi connectivity index (χ4n) is 3.37. The first kappa shape index (κ1) is 19.7. The molecule has 0 unspecified atom stereocenters. The van der Waals surface area contributed by atoms with Crippen molar-refractivity contribution in [2.24, 2.45) is 0 Å². The van der Waals surface area contributed by atoms with Crippen LogP contribution in [0.2, 0.25) is 5.02 Å². The second kappa shape index (κ2) is 8.45. The first-order valence-corrected chi connectivity index (χ1v) is 11.0. The Hall–Kier alpha value is -3.29. The van der Waals surface area contributed by atoms with E-state index in [0.29, 0.717) is 35.4 Å². The van der Waals surface area contributed by atoms with Crippen molar-refractivity contribution in [3.8, 4) is 33.5 Å². The molecule has 1 amide bonds. The van der Waals surface area contributed by atoms with Gasteiger partial charge in [0, 0.05) is 33.9 Å². The number of hydrogen-bond acceptors (Lipinski definition) is 5. The van der Waals surface area contributed by atoms with Gasteiger partial charge in [0.1, 0.15) is 24.8 Å². The zero-order chi connectivity index (χ0) is 21.2. The summed E-state index contributed by atoms with van der Waals surface area (Å²) < 4.78 is 13.0. The highest BCUT2D eigenvalue weighted by Gasteiger charge is 2.15. The van der Waals surface area contributed by atoms with Crippen LogP contribution in [-0.4, -0.2) is 28.7 Å². The van der Waals surface area contributed by atoms with E-state index in [1.165, 1.54) is 11.3 Å². The molecular formula is C23H18ClN3O3S. The van der Waals surface area contributed by atoms with Gasteiger partial charge in [-0.2, -0.15) is 0 Å². The highest BCUT2D eigenvalue weighted by Crippen LogP contribution is 2.33. The molecule has 2 aromatic carbocycles. The lowest BCUT2D eigenvalue weighted by Crippen LogP contribution is -2.19. The molecule has 0 radical (unpaired) electrons. The molecule has 6 nitrogen and oxygen atoms in total. The summed E-state index contributed by atoms with van der Waals surface area (Å²) in [6.07, 6.45) is 1.88. The Bertz CT molecular complexity index is 1230. The summed E-state index contributed by atoms with van der Waals surface area (Å²) in [4.78, 5) is 17.4. The number of anilines is 1. The molecule has 0 saturated carbocycles. The van der Waals surface area contributed by atoms with Gasteiger partial charge in [-0.15, -0.1) is 11.3 Å². The van der Waals surface area contributed by atoms with E-state index < -0.39 is 0 Å². The zero-order valence-electron chi connectivity index (χ0n) is 16.4. The summed E-state index contributed by atoms with van der Waals surface area (Å²) in [6, 6.07) is 16.9. The van der Waals surface area contributed by atoms with E-state index in [2.05, 4.69) is 5.32 Å². The number of benzene rings is 2. The maximum atomic E-state index is 12.7. The number of nitrogens with one attached hydrogen (secondary N) is 1. The predicted octanol–water partition coefficient (Wildman–Crippen LogP) is 5.34. The molecule has 1 aliphatic heterocycles. The number of ether oxygens (including phenoxy) is 2. The molecule has 1 N–H and O–H groups in total. The normalized spacial score (nSPS) is 12.5. The van der Waals surface area contributed by atoms with Crippen LogP contribution in [0.3, 0.4) is 0 Å². The molecule has 0 aliphatic carbocycles. The van der Waals surface area contributed by atoms with Crippen LogP contribution in [0.4, 0.5) is 5.69 Å². The first-order valence-electron chi connectivity index (χ1n) is 9.72. The van der Waals surface area contributed by atoms with E-state index in [4.69, 9.17) is 26.1 Å². The minimum atomic E-state index is -0.136. The Labute approximate surface area is 188 Å². The number of hydrogen-bond donors (Lipinski definition) is 1. The van der Waals surface area contributed by atoms with Gasteiger partial charge >= 0.3 is 0 Å². The molecule has 156 valence electrons. The van der Waals surface area contributed by atoms with Crippen LogP contribution in [0.1, 0.15) is 0 Å². The minimum Gasteiger partial charge on any atom is -0.486 e. The number of fused-ring (bicyclic) bond motifs is 1. The molecular weight excluding hydrogens is 434 g/mol. The van der Waals surface area contributed by atoms with Crippen LogP contribution in [0.25, 0.3) is 22.0 Å². The summed E-state index contributed by atoms with van der Waals surface area (Å²) in [7, 11) is 0. The van der Waals surface area contributed by atoms with Crippen molar-refractivity contribution >= 4 is 34.5 Å². The fraction of sp³-hybridized carbons (Fsp3) is 0.130. The Morgan fingerprint density at radius 2 is 1.90 bits per heavy atom. The van der Waals surface area contributed by atoms with Gasteiger partial charge in [-0.3, -0.25) is 4.79 Å². The van der Waals surface area contributed by atoms with Crippen LogP contribution < -0.4 is 14.8 Å². The maximum Gasteiger partial charge on any atom is 0.244 e. The van der Waals surface area contributed by atoms with Crippen LogP contribution in [0, 0.1) is 0 Å². The van der Waals surface area contributed by atoms with Gasteiger partial charge in [0.2, 0.25) is 5.91 Å². The number of nitrogens with zero attached hydrogens (tertiary/aromatic N) is 2. The first-order chi connectivity index (χ1) is 15.2. The topological polar surface area (TPSA) is 65.4 Å². The van der Waals surface area contributed by atoms with Gasteiger partial charge in [0.15, 0.2) is 11.5 Å². The minimum absolute atomic E-state index is 0.136. The van der Waals surface area contributed by atoms with Crippen molar-refractivity contribution < 1.29 is 14.3 Å². The van der Waals surface area contributed by atoms with Crippen molar-refractivity contribution in [1.82, 2.24) is 9.55 Å². The maximum absolute atomic E-state index is 12.7. The zero-order valence-corrected chi connectivity index (χ0v) is 17.9. The van der Waals surface area contributed by atoms with E-state index in [-0.39, 0.29) is 12.5 Å². The number of rotatable bonds is 5. The van der Waals surface area contributed by atoms with Crippen LogP contribution in [0.5, 0.6) is 11.5 Å². The molecule has 0 bridgehead atoms. The van der Waals surface area contributed by atoms with Crippen molar-refractivity contribution in [2.45, 2.75) is 6.54 Å². The van der Waals surface area contributed by atoms with E-state index >= 15 is 0 Å². The summed E-state index contributed by atoms with van der Waals surface area (Å²) in [5.41, 5.74) is 3.44. The highest BCUT2D eigenvalue weighted by molar-refractivity contribution is 7.13. The lowest BCUT2D eigenvalue weighted by atomic mass is 10.2. The van der Waals surface area contributed by atoms with Crippen LogP contribution >= 0.6 is 22.9 Å². The van der Waals surface area contributed by atoms with Gasteiger partial charge in [0.25, 0.3) is 0 Å². The third-order valence-corrected chi connectivity index (χ3v) is 5.95. The summed E-state index contributed by atoms with van der Waals surface area (Å²) in [6.45, 7) is 1.21. The Balaban J connectivity index is 1.30. The number of halogens is 1. The molecule has 0 saturated heterocycles. The SMILES string of the molecule is O=C(Cn1cccc1-c1nc(-c2ccc(Cl)cc2)cs1)Nc1ccc2c(c1)OCCO2. The van der Waals surface area contributed by atoms with Gasteiger partial charge < -0.3 is 19.4 Å². The Morgan fingerprint density at radius 3 is 2.74 bits per heavy atom. The van der Waals surface area contributed by atoms with E-state index in [1.54, 1.807) is 18.2 Å². The molecule has 0 fully saturated rings. The second-order valence-corrected chi connectivity index (χ2v) is 8.27. The van der Waals surface area contributed by atoms with Crippen molar-refractivity contribution in [2.75, 3.05) is 18.5 Å². The molecule has 1 aliphatic rings. The summed E-state index contributed by atoms with van der Waals surface area (Å²) in [5.74, 6) is 1.20. The molecule has 0 spiro atoms. The largest absolute Gasteiger partial charge is 0.486 e. The highest BCUT2D eigenvalue weighted by atomic mass is 35.5. The third kappa shape index (κ3) is 4.28. The van der Waals surface area contributed by atoms with Gasteiger partial charge in [-0.05, 0) is 36.4 Å². The summed E-state index contributed by atoms with van der Waals surface area (Å²) >= 11 is 7.52. The van der Waals surface area contributed by atoms with Crippen LogP contribution in [-0.2, 0) is 11.3 Å². The molecule has 2 aromatic heterocycles. The van der Waals surface area contributed by atoms with E-state index in [0.717, 1.165) is 22.0 Å². The lowest BCUT2D eigenvalue weighted by Gasteiger charge is -2.19. The molecule has 8 heteroatoms. The monoisotopic (exact) mass is 451 g/mol. The Morgan fingerprint density at radius 1 is 1.10 bits per heavy atom. The second-order valence-electron chi connectivity index (χ2n) is 6.97. The fourth-order valence-corrected chi connectivity index (χ4v) is 4.36. The van der Waals surface area contributed by atoms with Gasteiger partial charge in [-0.1, -0.05) is 23.7 Å². The number of amides is 1. The molecule has 3 heterocycles. The third-order valence-electron chi connectivity index (χ3n) is 4.83. The summed E-state index contributed by atoms with van der Waals surface area (Å²) in [5, 5.41) is 6.47. The van der Waals surface area contributed by atoms with Crippen molar-refractivity contribution in [1.29, 1.82) is 0 Å². The predicted molar refractivity (Wildman–Crippen MR) is 122 cm³/mol. The van der Waals surface area contributed by atoms with Crippen molar-refractivity contribution in [3.05, 3.63) is 71.2 Å².